The Hall–Kier alpha value is -1.04. The van der Waals surface area contributed by atoms with Gasteiger partial charge in [-0.15, -0.1) is 12.6 Å². The number of carbonyl (C=O) groups excluding carboxylic acids is 3. The first kappa shape index (κ1) is 14.0. The van der Waals surface area contributed by atoms with Crippen molar-refractivity contribution in [3.63, 3.8) is 0 Å². The minimum atomic E-state index is -0.286. The van der Waals surface area contributed by atoms with Crippen molar-refractivity contribution in [1.29, 1.82) is 0 Å². The first-order chi connectivity index (χ1) is 8.09. The predicted octanol–water partition coefficient (Wildman–Crippen LogP) is 0.352. The number of thiol groups is 1. The van der Waals surface area contributed by atoms with Crippen LogP contribution in [0, 0.1) is 0 Å². The van der Waals surface area contributed by atoms with E-state index in [1.807, 2.05) is 0 Å². The third kappa shape index (κ3) is 5.72. The second kappa shape index (κ2) is 7.32. The van der Waals surface area contributed by atoms with Gasteiger partial charge in [-0.3, -0.25) is 14.4 Å². The molecule has 0 aliphatic carbocycles. The summed E-state index contributed by atoms with van der Waals surface area (Å²) >= 11 is 3.59. The monoisotopic (exact) mass is 258 g/mol. The van der Waals surface area contributed by atoms with Crippen LogP contribution in [0.4, 0.5) is 0 Å². The molecule has 0 spiro atoms. The Labute approximate surface area is 106 Å². The first-order valence-corrected chi connectivity index (χ1v) is 6.30. The highest BCUT2D eigenvalue weighted by atomic mass is 32.1. The molecule has 5 nitrogen and oxygen atoms in total. The average molecular weight is 258 g/mol. The summed E-state index contributed by atoms with van der Waals surface area (Å²) in [5.74, 6) is -0.00658. The fourth-order valence-corrected chi connectivity index (χ4v) is 1.85. The minimum Gasteiger partial charge on any atom is -0.354 e. The number of hydrogen-bond donors (Lipinski definition) is 2. The quantitative estimate of drug-likeness (QED) is 0.676. The molecule has 0 unspecified atom stereocenters. The molecule has 1 heterocycles. The van der Waals surface area contributed by atoms with Gasteiger partial charge < -0.3 is 10.2 Å². The Morgan fingerprint density at radius 3 is 2.71 bits per heavy atom. The van der Waals surface area contributed by atoms with Crippen molar-refractivity contribution in [2.24, 2.45) is 0 Å². The van der Waals surface area contributed by atoms with Gasteiger partial charge in [-0.1, -0.05) is 0 Å². The van der Waals surface area contributed by atoms with Gasteiger partial charge in [0, 0.05) is 38.9 Å². The lowest BCUT2D eigenvalue weighted by atomic mass is 10.1. The van der Waals surface area contributed by atoms with Crippen molar-refractivity contribution in [2.45, 2.75) is 32.1 Å². The van der Waals surface area contributed by atoms with Crippen molar-refractivity contribution in [2.75, 3.05) is 19.6 Å². The molecule has 96 valence electrons. The van der Waals surface area contributed by atoms with E-state index < -0.39 is 0 Å². The van der Waals surface area contributed by atoms with Crippen molar-refractivity contribution in [3.8, 4) is 0 Å². The van der Waals surface area contributed by atoms with Gasteiger partial charge >= 0.3 is 0 Å². The number of likely N-dealkylation sites (tertiary alicyclic amines) is 1. The SMILES string of the molecule is O=C(S)CCC(=O)NCCN1CCCCC1=O. The lowest BCUT2D eigenvalue weighted by Crippen LogP contribution is -2.41. The van der Waals surface area contributed by atoms with Crippen LogP contribution >= 0.6 is 12.6 Å². The second-order valence-electron chi connectivity index (χ2n) is 4.08. The molecule has 0 aromatic heterocycles. The lowest BCUT2D eigenvalue weighted by molar-refractivity contribution is -0.133. The van der Waals surface area contributed by atoms with E-state index in [-0.39, 0.29) is 29.8 Å². The van der Waals surface area contributed by atoms with Crippen LogP contribution in [0.25, 0.3) is 0 Å². The van der Waals surface area contributed by atoms with Gasteiger partial charge in [-0.05, 0) is 12.8 Å². The Morgan fingerprint density at radius 1 is 1.29 bits per heavy atom. The summed E-state index contributed by atoms with van der Waals surface area (Å²) in [5.41, 5.74) is 0. The zero-order valence-corrected chi connectivity index (χ0v) is 10.7. The average Bonchev–Trinajstić information content (AvgIpc) is 2.29. The van der Waals surface area contributed by atoms with E-state index in [1.54, 1.807) is 4.90 Å². The predicted molar refractivity (Wildman–Crippen MR) is 66.7 cm³/mol. The Kier molecular flexibility index (Phi) is 6.04. The Morgan fingerprint density at radius 2 is 2.06 bits per heavy atom. The highest BCUT2D eigenvalue weighted by Gasteiger charge is 2.17. The van der Waals surface area contributed by atoms with Crippen molar-refractivity contribution in [1.82, 2.24) is 10.2 Å². The van der Waals surface area contributed by atoms with Gasteiger partial charge in [-0.2, -0.15) is 0 Å². The molecule has 1 saturated heterocycles. The first-order valence-electron chi connectivity index (χ1n) is 5.86. The maximum atomic E-state index is 11.4. The normalized spacial score (nSPS) is 15.8. The molecular weight excluding hydrogens is 240 g/mol. The number of nitrogens with one attached hydrogen (secondary N) is 1. The second-order valence-corrected chi connectivity index (χ2v) is 4.58. The molecule has 0 aromatic carbocycles. The molecule has 17 heavy (non-hydrogen) atoms. The summed E-state index contributed by atoms with van der Waals surface area (Å²) in [6, 6.07) is 0. The zero-order chi connectivity index (χ0) is 12.7. The van der Waals surface area contributed by atoms with Crippen molar-refractivity contribution < 1.29 is 14.4 Å². The number of carbonyl (C=O) groups is 3. The molecule has 1 aliphatic rings. The third-order valence-electron chi connectivity index (χ3n) is 2.69. The zero-order valence-electron chi connectivity index (χ0n) is 9.78. The van der Waals surface area contributed by atoms with Crippen LogP contribution in [-0.4, -0.2) is 41.5 Å². The topological polar surface area (TPSA) is 66.5 Å². The molecule has 0 saturated carbocycles. The third-order valence-corrected chi connectivity index (χ3v) is 2.91. The van der Waals surface area contributed by atoms with Crippen LogP contribution < -0.4 is 5.32 Å². The van der Waals surface area contributed by atoms with Crippen molar-refractivity contribution in [3.05, 3.63) is 0 Å². The van der Waals surface area contributed by atoms with E-state index in [0.717, 1.165) is 19.4 Å². The molecule has 1 N–H and O–H groups in total. The van der Waals surface area contributed by atoms with Crippen LogP contribution in [0.15, 0.2) is 0 Å². The molecule has 6 heteroatoms. The van der Waals surface area contributed by atoms with E-state index in [2.05, 4.69) is 17.9 Å². The summed E-state index contributed by atoms with van der Waals surface area (Å²) in [4.78, 5) is 35.0. The van der Waals surface area contributed by atoms with Crippen LogP contribution in [0.2, 0.25) is 0 Å². The summed E-state index contributed by atoms with van der Waals surface area (Å²) in [5, 5.41) is 2.40. The fraction of sp³-hybridized carbons (Fsp3) is 0.727. The molecule has 2 amide bonds. The molecule has 0 bridgehead atoms. The Bertz CT molecular complexity index is 307. The van der Waals surface area contributed by atoms with Crippen LogP contribution in [-0.2, 0) is 14.4 Å². The smallest absolute Gasteiger partial charge is 0.222 e. The van der Waals surface area contributed by atoms with Gasteiger partial charge in [0.2, 0.25) is 11.8 Å². The molecule has 1 rings (SSSR count). The van der Waals surface area contributed by atoms with Crippen LogP contribution in [0.1, 0.15) is 32.1 Å². The van der Waals surface area contributed by atoms with Gasteiger partial charge in [0.1, 0.15) is 0 Å². The van der Waals surface area contributed by atoms with Crippen molar-refractivity contribution >= 4 is 29.6 Å². The molecule has 0 aromatic rings. The van der Waals surface area contributed by atoms with E-state index in [0.29, 0.717) is 19.5 Å². The van der Waals surface area contributed by atoms with Gasteiger partial charge in [0.05, 0.1) is 0 Å². The highest BCUT2D eigenvalue weighted by molar-refractivity contribution is 7.96. The number of piperidine rings is 1. The number of hydrogen-bond acceptors (Lipinski definition) is 3. The number of rotatable bonds is 6. The molecule has 1 fully saturated rings. The van der Waals surface area contributed by atoms with Gasteiger partial charge in [0.25, 0.3) is 0 Å². The molecular formula is C11H18N2O3S. The summed E-state index contributed by atoms with van der Waals surface area (Å²) in [7, 11) is 0. The largest absolute Gasteiger partial charge is 0.354 e. The van der Waals surface area contributed by atoms with Gasteiger partial charge in [-0.25, -0.2) is 0 Å². The van der Waals surface area contributed by atoms with E-state index in [9.17, 15) is 14.4 Å². The summed E-state index contributed by atoms with van der Waals surface area (Å²) in [6.07, 6.45) is 2.93. The van der Waals surface area contributed by atoms with Gasteiger partial charge in [0.15, 0.2) is 5.12 Å². The van der Waals surface area contributed by atoms with Crippen LogP contribution in [0.5, 0.6) is 0 Å². The highest BCUT2D eigenvalue weighted by Crippen LogP contribution is 2.09. The minimum absolute atomic E-state index is 0.150. The van der Waals surface area contributed by atoms with E-state index in [4.69, 9.17) is 0 Å². The summed E-state index contributed by atoms with van der Waals surface area (Å²) in [6.45, 7) is 1.79. The lowest BCUT2D eigenvalue weighted by Gasteiger charge is -2.26. The standard InChI is InChI=1S/C11H18N2O3S/c14-9(4-5-11(16)17)12-6-8-13-7-2-1-3-10(13)15/h1-8H2,(H,12,14)(H,16,17). The molecule has 0 atom stereocenters. The summed E-state index contributed by atoms with van der Waals surface area (Å²) < 4.78 is 0. The maximum absolute atomic E-state index is 11.4. The molecule has 0 radical (unpaired) electrons. The van der Waals surface area contributed by atoms with E-state index >= 15 is 0 Å². The number of nitrogens with zero attached hydrogens (tertiary/aromatic N) is 1. The van der Waals surface area contributed by atoms with E-state index in [1.165, 1.54) is 0 Å². The molecule has 1 aliphatic heterocycles. The fourth-order valence-electron chi connectivity index (χ4n) is 1.74. The number of amides is 2. The Balaban J connectivity index is 2.12. The maximum Gasteiger partial charge on any atom is 0.222 e. The van der Waals surface area contributed by atoms with Crippen LogP contribution in [0.3, 0.4) is 0 Å².